The molecule has 0 aliphatic rings. The van der Waals surface area contributed by atoms with Crippen LogP contribution >= 0.6 is 11.6 Å². The Morgan fingerprint density at radius 2 is 2.05 bits per heavy atom. The van der Waals surface area contributed by atoms with Crippen LogP contribution in [-0.4, -0.2) is 35.3 Å². The minimum absolute atomic E-state index is 0.133. The van der Waals surface area contributed by atoms with Gasteiger partial charge in [-0.25, -0.2) is 9.59 Å². The SMILES string of the molecule is CCOC(=O)c1ccc(C(=O)CCCl)c(/C=C/C(=O)O)c1. The molecular formula is C15H15ClO5. The van der Waals surface area contributed by atoms with E-state index in [-0.39, 0.29) is 30.3 Å². The van der Waals surface area contributed by atoms with Crippen molar-refractivity contribution in [1.82, 2.24) is 0 Å². The van der Waals surface area contributed by atoms with Gasteiger partial charge in [-0.15, -0.1) is 11.6 Å². The summed E-state index contributed by atoms with van der Waals surface area (Å²) in [4.78, 5) is 34.2. The first-order valence-corrected chi connectivity index (χ1v) is 6.84. The molecule has 0 aliphatic carbocycles. The fourth-order valence-corrected chi connectivity index (χ4v) is 1.85. The maximum absolute atomic E-state index is 11.9. The van der Waals surface area contributed by atoms with Gasteiger partial charge in [0, 0.05) is 23.9 Å². The van der Waals surface area contributed by atoms with Crippen molar-refractivity contribution in [1.29, 1.82) is 0 Å². The Morgan fingerprint density at radius 3 is 2.62 bits per heavy atom. The maximum Gasteiger partial charge on any atom is 0.338 e. The second kappa shape index (κ2) is 8.21. The number of ether oxygens (including phenoxy) is 1. The van der Waals surface area contributed by atoms with E-state index in [2.05, 4.69) is 0 Å². The van der Waals surface area contributed by atoms with E-state index in [1.54, 1.807) is 6.92 Å². The second-order valence-electron chi connectivity index (χ2n) is 4.06. The number of esters is 1. The molecule has 21 heavy (non-hydrogen) atoms. The van der Waals surface area contributed by atoms with E-state index in [0.29, 0.717) is 11.1 Å². The first-order valence-electron chi connectivity index (χ1n) is 6.31. The van der Waals surface area contributed by atoms with Crippen molar-refractivity contribution in [3.8, 4) is 0 Å². The number of benzene rings is 1. The summed E-state index contributed by atoms with van der Waals surface area (Å²) in [5.41, 5.74) is 0.920. The summed E-state index contributed by atoms with van der Waals surface area (Å²) in [7, 11) is 0. The molecule has 0 unspecified atom stereocenters. The van der Waals surface area contributed by atoms with Crippen molar-refractivity contribution in [3.05, 3.63) is 41.0 Å². The zero-order valence-corrected chi connectivity index (χ0v) is 12.2. The number of aliphatic carboxylic acids is 1. The lowest BCUT2D eigenvalue weighted by molar-refractivity contribution is -0.131. The lowest BCUT2D eigenvalue weighted by Gasteiger charge is -2.07. The van der Waals surface area contributed by atoms with Gasteiger partial charge in [0.2, 0.25) is 0 Å². The lowest BCUT2D eigenvalue weighted by atomic mass is 9.99. The van der Waals surface area contributed by atoms with Crippen LogP contribution in [0.15, 0.2) is 24.3 Å². The summed E-state index contributed by atoms with van der Waals surface area (Å²) in [6.45, 7) is 1.91. The quantitative estimate of drug-likeness (QED) is 0.362. The zero-order valence-electron chi connectivity index (χ0n) is 11.5. The number of hydrogen-bond acceptors (Lipinski definition) is 4. The molecule has 0 amide bonds. The van der Waals surface area contributed by atoms with Crippen LogP contribution in [0.25, 0.3) is 6.08 Å². The highest BCUT2D eigenvalue weighted by Crippen LogP contribution is 2.17. The fraction of sp³-hybridized carbons (Fsp3) is 0.267. The predicted octanol–water partition coefficient (Wildman–Crippen LogP) is 2.77. The molecule has 0 heterocycles. The van der Waals surface area contributed by atoms with Gasteiger partial charge in [0.05, 0.1) is 12.2 Å². The smallest absolute Gasteiger partial charge is 0.338 e. The summed E-state index contributed by atoms with van der Waals surface area (Å²) in [5, 5.41) is 8.69. The molecule has 0 radical (unpaired) electrons. The minimum Gasteiger partial charge on any atom is -0.478 e. The van der Waals surface area contributed by atoms with E-state index in [1.807, 2.05) is 0 Å². The van der Waals surface area contributed by atoms with Crippen LogP contribution in [0.1, 0.15) is 39.6 Å². The summed E-state index contributed by atoms with van der Waals surface area (Å²) in [6, 6.07) is 4.37. The summed E-state index contributed by atoms with van der Waals surface area (Å²) in [5.74, 6) is -1.72. The molecule has 0 atom stereocenters. The van der Waals surface area contributed by atoms with Gasteiger partial charge in [-0.05, 0) is 36.8 Å². The van der Waals surface area contributed by atoms with Gasteiger partial charge in [0.1, 0.15) is 0 Å². The van der Waals surface area contributed by atoms with Gasteiger partial charge < -0.3 is 9.84 Å². The summed E-state index contributed by atoms with van der Waals surface area (Å²) >= 11 is 5.54. The van der Waals surface area contributed by atoms with E-state index < -0.39 is 11.9 Å². The van der Waals surface area contributed by atoms with E-state index in [0.717, 1.165) is 6.08 Å². The van der Waals surface area contributed by atoms with E-state index in [1.165, 1.54) is 24.3 Å². The third kappa shape index (κ3) is 5.04. The predicted molar refractivity (Wildman–Crippen MR) is 78.7 cm³/mol. The number of carboxylic acid groups (broad SMARTS) is 1. The molecule has 6 heteroatoms. The van der Waals surface area contributed by atoms with Gasteiger partial charge in [0.25, 0.3) is 0 Å². The first kappa shape index (κ1) is 16.9. The molecule has 0 saturated carbocycles. The van der Waals surface area contributed by atoms with Crippen LogP contribution < -0.4 is 0 Å². The molecule has 0 aromatic heterocycles. The van der Waals surface area contributed by atoms with E-state index in [9.17, 15) is 14.4 Å². The van der Waals surface area contributed by atoms with E-state index >= 15 is 0 Å². The van der Waals surface area contributed by atoms with Crippen molar-refractivity contribution < 1.29 is 24.2 Å². The van der Waals surface area contributed by atoms with Gasteiger partial charge >= 0.3 is 11.9 Å². The fourth-order valence-electron chi connectivity index (χ4n) is 1.68. The summed E-state index contributed by atoms with van der Waals surface area (Å²) < 4.78 is 4.87. The lowest BCUT2D eigenvalue weighted by Crippen LogP contribution is -2.08. The van der Waals surface area contributed by atoms with Crippen LogP contribution in [0.2, 0.25) is 0 Å². The Labute approximate surface area is 127 Å². The van der Waals surface area contributed by atoms with Crippen molar-refractivity contribution in [3.63, 3.8) is 0 Å². The normalized spacial score (nSPS) is 10.6. The molecule has 0 saturated heterocycles. The third-order valence-electron chi connectivity index (χ3n) is 2.59. The Balaban J connectivity index is 3.22. The molecule has 1 aromatic rings. The van der Waals surface area contributed by atoms with Gasteiger partial charge in [0.15, 0.2) is 5.78 Å². The number of carbonyl (C=O) groups excluding carboxylic acids is 2. The Kier molecular flexibility index (Phi) is 6.62. The molecule has 5 nitrogen and oxygen atoms in total. The monoisotopic (exact) mass is 310 g/mol. The molecule has 0 fully saturated rings. The molecule has 1 rings (SSSR count). The summed E-state index contributed by atoms with van der Waals surface area (Å²) in [6.07, 6.45) is 2.31. The Morgan fingerprint density at radius 1 is 1.33 bits per heavy atom. The number of Topliss-reactive ketones (excluding diaryl/α,β-unsaturated/α-hetero) is 1. The first-order chi connectivity index (χ1) is 9.99. The van der Waals surface area contributed by atoms with Crippen molar-refractivity contribution in [2.24, 2.45) is 0 Å². The zero-order chi connectivity index (χ0) is 15.8. The van der Waals surface area contributed by atoms with Crippen LogP contribution in [0.5, 0.6) is 0 Å². The second-order valence-corrected chi connectivity index (χ2v) is 4.43. The van der Waals surface area contributed by atoms with Crippen LogP contribution in [0.4, 0.5) is 0 Å². The number of carbonyl (C=O) groups is 3. The highest BCUT2D eigenvalue weighted by atomic mass is 35.5. The largest absolute Gasteiger partial charge is 0.478 e. The third-order valence-corrected chi connectivity index (χ3v) is 2.78. The molecule has 0 spiro atoms. The van der Waals surface area contributed by atoms with Crippen LogP contribution in [0.3, 0.4) is 0 Å². The molecule has 1 aromatic carbocycles. The van der Waals surface area contributed by atoms with Crippen LogP contribution in [-0.2, 0) is 9.53 Å². The topological polar surface area (TPSA) is 80.7 Å². The molecule has 0 aliphatic heterocycles. The standard InChI is InChI=1S/C15H15ClO5/c1-2-21-15(20)11-3-5-12(13(17)7-8-16)10(9-11)4-6-14(18)19/h3-6,9H,2,7-8H2,1H3,(H,18,19)/b6-4+. The van der Waals surface area contributed by atoms with Gasteiger partial charge in [-0.2, -0.15) is 0 Å². The Hall–Kier alpha value is -2.14. The number of rotatable bonds is 7. The number of carboxylic acids is 1. The van der Waals surface area contributed by atoms with E-state index in [4.69, 9.17) is 21.4 Å². The van der Waals surface area contributed by atoms with Crippen molar-refractivity contribution >= 4 is 35.4 Å². The number of halogens is 1. The average Bonchev–Trinajstić information content (AvgIpc) is 2.45. The van der Waals surface area contributed by atoms with Gasteiger partial charge in [-0.3, -0.25) is 4.79 Å². The van der Waals surface area contributed by atoms with Crippen molar-refractivity contribution in [2.45, 2.75) is 13.3 Å². The molecular weight excluding hydrogens is 296 g/mol. The maximum atomic E-state index is 11.9. The minimum atomic E-state index is -1.15. The van der Waals surface area contributed by atoms with Gasteiger partial charge in [-0.1, -0.05) is 0 Å². The average molecular weight is 311 g/mol. The molecule has 1 N–H and O–H groups in total. The molecule has 0 bridgehead atoms. The Bertz CT molecular complexity index is 577. The van der Waals surface area contributed by atoms with Crippen molar-refractivity contribution in [2.75, 3.05) is 12.5 Å². The number of alkyl halides is 1. The highest BCUT2D eigenvalue weighted by Gasteiger charge is 2.14. The number of hydrogen-bond donors (Lipinski definition) is 1. The number of ketones is 1. The highest BCUT2D eigenvalue weighted by molar-refractivity contribution is 6.19. The molecule has 112 valence electrons. The van der Waals surface area contributed by atoms with Crippen LogP contribution in [0, 0.1) is 0 Å².